The lowest BCUT2D eigenvalue weighted by atomic mass is 10.0. The van der Waals surface area contributed by atoms with Crippen LogP contribution in [0.2, 0.25) is 0 Å². The first-order valence-electron chi connectivity index (χ1n) is 8.84. The van der Waals surface area contributed by atoms with Crippen molar-refractivity contribution in [3.8, 4) is 0 Å². The predicted molar refractivity (Wildman–Crippen MR) is 99.8 cm³/mol. The molecule has 5 rings (SSSR count). The molecule has 0 saturated heterocycles. The Morgan fingerprint density at radius 1 is 1.27 bits per heavy atom. The van der Waals surface area contributed by atoms with Crippen LogP contribution in [0.15, 0.2) is 59.2 Å². The lowest BCUT2D eigenvalue weighted by Crippen LogP contribution is -2.33. The first kappa shape index (κ1) is 15.2. The number of aryl methyl sites for hydroxylation is 1. The van der Waals surface area contributed by atoms with Crippen molar-refractivity contribution in [3.05, 3.63) is 70.9 Å². The van der Waals surface area contributed by atoms with E-state index in [1.165, 1.54) is 29.0 Å². The van der Waals surface area contributed by atoms with Crippen LogP contribution in [-0.2, 0) is 13.6 Å². The SMILES string of the molecule is Cn1cc(C2=C3N=CN(N)C=C3N(Cc3ccccc3C3CC3)N2)cn1. The van der Waals surface area contributed by atoms with Gasteiger partial charge in [-0.3, -0.25) is 20.1 Å². The highest BCUT2D eigenvalue weighted by atomic mass is 15.6. The lowest BCUT2D eigenvalue weighted by Gasteiger charge is -2.25. The average Bonchev–Trinajstić information content (AvgIpc) is 3.31. The molecular weight excluding hydrogens is 326 g/mol. The second-order valence-corrected chi connectivity index (χ2v) is 7.00. The molecule has 0 atom stereocenters. The largest absolute Gasteiger partial charge is 0.295 e. The van der Waals surface area contributed by atoms with E-state index in [4.69, 9.17) is 5.84 Å². The van der Waals surface area contributed by atoms with Gasteiger partial charge < -0.3 is 0 Å². The van der Waals surface area contributed by atoms with E-state index < -0.39 is 0 Å². The van der Waals surface area contributed by atoms with E-state index in [-0.39, 0.29) is 0 Å². The zero-order valence-corrected chi connectivity index (χ0v) is 14.6. The summed E-state index contributed by atoms with van der Waals surface area (Å²) in [6, 6.07) is 8.70. The molecule has 1 aromatic heterocycles. The Kier molecular flexibility index (Phi) is 3.36. The standard InChI is InChI=1S/C19H21N7/c1-24-9-15(8-22-24)18-19-17(11-25(20)12-21-19)26(23-18)10-14-4-2-3-5-16(14)13-6-7-13/h2-5,8-9,11-13,23H,6-7,10,20H2,1H3. The Balaban J connectivity index is 1.50. The topological polar surface area (TPSA) is 74.7 Å². The molecule has 0 spiro atoms. The number of nitrogens with one attached hydrogen (secondary N) is 1. The van der Waals surface area contributed by atoms with Crippen molar-refractivity contribution in [1.29, 1.82) is 0 Å². The van der Waals surface area contributed by atoms with E-state index in [1.807, 2.05) is 25.6 Å². The summed E-state index contributed by atoms with van der Waals surface area (Å²) in [5, 5.41) is 7.90. The Bertz CT molecular complexity index is 948. The van der Waals surface area contributed by atoms with Crippen molar-refractivity contribution < 1.29 is 0 Å². The third-order valence-corrected chi connectivity index (χ3v) is 5.00. The Morgan fingerprint density at radius 3 is 2.88 bits per heavy atom. The second kappa shape index (κ2) is 5.74. The molecule has 0 unspecified atom stereocenters. The molecule has 0 bridgehead atoms. The molecule has 26 heavy (non-hydrogen) atoms. The molecule has 1 aliphatic carbocycles. The number of benzene rings is 1. The van der Waals surface area contributed by atoms with Crippen molar-refractivity contribution in [2.75, 3.05) is 0 Å². The molecule has 1 fully saturated rings. The van der Waals surface area contributed by atoms with E-state index in [0.29, 0.717) is 5.92 Å². The maximum atomic E-state index is 5.94. The monoisotopic (exact) mass is 347 g/mol. The van der Waals surface area contributed by atoms with E-state index >= 15 is 0 Å². The average molecular weight is 347 g/mol. The van der Waals surface area contributed by atoms with Crippen molar-refractivity contribution in [3.63, 3.8) is 0 Å². The van der Waals surface area contributed by atoms with Gasteiger partial charge in [-0.1, -0.05) is 24.3 Å². The van der Waals surface area contributed by atoms with Gasteiger partial charge in [-0.15, -0.1) is 0 Å². The fourth-order valence-electron chi connectivity index (χ4n) is 3.58. The lowest BCUT2D eigenvalue weighted by molar-refractivity contribution is 0.301. The van der Waals surface area contributed by atoms with E-state index in [9.17, 15) is 0 Å². The number of hydrogen-bond donors (Lipinski definition) is 2. The molecular formula is C19H21N7. The minimum absolute atomic E-state index is 0.711. The van der Waals surface area contributed by atoms with Gasteiger partial charge >= 0.3 is 0 Å². The summed E-state index contributed by atoms with van der Waals surface area (Å²) >= 11 is 0. The third-order valence-electron chi connectivity index (χ3n) is 5.00. The van der Waals surface area contributed by atoms with Crippen molar-refractivity contribution in [2.45, 2.75) is 25.3 Å². The molecule has 0 radical (unpaired) electrons. The van der Waals surface area contributed by atoms with Crippen LogP contribution in [0.4, 0.5) is 0 Å². The van der Waals surface area contributed by atoms with Gasteiger partial charge in [0.05, 0.1) is 18.4 Å². The molecule has 3 heterocycles. The quantitative estimate of drug-likeness (QED) is 0.828. The molecule has 132 valence electrons. The van der Waals surface area contributed by atoms with Gasteiger partial charge in [-0.05, 0) is 29.9 Å². The highest BCUT2D eigenvalue weighted by Gasteiger charge is 2.32. The first-order chi connectivity index (χ1) is 12.7. The maximum Gasteiger partial charge on any atom is 0.117 e. The number of nitrogens with two attached hydrogens (primary N) is 1. The summed E-state index contributed by atoms with van der Waals surface area (Å²) in [5.41, 5.74) is 10.1. The minimum atomic E-state index is 0.711. The van der Waals surface area contributed by atoms with Crippen LogP contribution in [0.1, 0.15) is 35.4 Å². The zero-order chi connectivity index (χ0) is 17.7. The van der Waals surface area contributed by atoms with Gasteiger partial charge in [0.25, 0.3) is 0 Å². The fourth-order valence-corrected chi connectivity index (χ4v) is 3.58. The number of rotatable bonds is 4. The van der Waals surface area contributed by atoms with Gasteiger partial charge in [0, 0.05) is 25.0 Å². The van der Waals surface area contributed by atoms with Gasteiger partial charge in [0.2, 0.25) is 0 Å². The molecule has 7 heteroatoms. The van der Waals surface area contributed by atoms with Gasteiger partial charge in [-0.25, -0.2) is 10.8 Å². The van der Waals surface area contributed by atoms with Crippen molar-refractivity contribution in [2.24, 2.45) is 17.9 Å². The summed E-state index contributed by atoms with van der Waals surface area (Å²) in [6.45, 7) is 0.759. The Hall–Kier alpha value is -3.06. The van der Waals surface area contributed by atoms with Crippen molar-refractivity contribution >= 4 is 12.0 Å². The van der Waals surface area contributed by atoms with Crippen LogP contribution in [0.25, 0.3) is 5.70 Å². The predicted octanol–water partition coefficient (Wildman–Crippen LogP) is 2.05. The molecule has 1 aromatic carbocycles. The van der Waals surface area contributed by atoms with Crippen LogP contribution < -0.4 is 11.3 Å². The summed E-state index contributed by atoms with van der Waals surface area (Å²) in [4.78, 5) is 4.55. The summed E-state index contributed by atoms with van der Waals surface area (Å²) in [6.07, 6.45) is 9.94. The molecule has 7 nitrogen and oxygen atoms in total. The molecule has 3 N–H and O–H groups in total. The highest BCUT2D eigenvalue weighted by molar-refractivity contribution is 5.77. The number of aliphatic imine (C=N–C) groups is 1. The Morgan fingerprint density at radius 2 is 2.12 bits per heavy atom. The molecule has 3 aliphatic rings. The molecule has 2 aliphatic heterocycles. The number of aromatic nitrogens is 2. The smallest absolute Gasteiger partial charge is 0.117 e. The molecule has 2 aromatic rings. The number of hydrogen-bond acceptors (Lipinski definition) is 6. The molecule has 1 saturated carbocycles. The van der Waals surface area contributed by atoms with Crippen LogP contribution in [0.3, 0.4) is 0 Å². The maximum absolute atomic E-state index is 5.94. The van der Waals surface area contributed by atoms with Gasteiger partial charge in [0.15, 0.2) is 0 Å². The summed E-state index contributed by atoms with van der Waals surface area (Å²) < 4.78 is 1.79. The number of fused-ring (bicyclic) bond motifs is 1. The van der Waals surface area contributed by atoms with Crippen LogP contribution >= 0.6 is 0 Å². The fraction of sp³-hybridized carbons (Fsp3) is 0.263. The number of nitrogens with zero attached hydrogens (tertiary/aromatic N) is 5. The molecule has 0 amide bonds. The summed E-state index contributed by atoms with van der Waals surface area (Å²) in [7, 11) is 1.91. The van der Waals surface area contributed by atoms with E-state index in [1.54, 1.807) is 11.0 Å². The van der Waals surface area contributed by atoms with Crippen LogP contribution in [-0.4, -0.2) is 26.1 Å². The van der Waals surface area contributed by atoms with E-state index in [0.717, 1.165) is 29.2 Å². The van der Waals surface area contributed by atoms with Crippen LogP contribution in [0.5, 0.6) is 0 Å². The third kappa shape index (κ3) is 2.57. The first-order valence-corrected chi connectivity index (χ1v) is 8.84. The zero-order valence-electron chi connectivity index (χ0n) is 14.6. The highest BCUT2D eigenvalue weighted by Crippen LogP contribution is 2.42. The summed E-state index contributed by atoms with van der Waals surface area (Å²) in [5.74, 6) is 6.65. The van der Waals surface area contributed by atoms with E-state index in [2.05, 4.69) is 44.8 Å². The van der Waals surface area contributed by atoms with Gasteiger partial charge in [0.1, 0.15) is 17.7 Å². The normalized spacial score (nSPS) is 18.9. The van der Waals surface area contributed by atoms with Gasteiger partial charge in [-0.2, -0.15) is 5.10 Å². The second-order valence-electron chi connectivity index (χ2n) is 7.00. The Labute approximate surface area is 152 Å². The van der Waals surface area contributed by atoms with Crippen LogP contribution in [0, 0.1) is 0 Å². The number of hydrazine groups is 2. The van der Waals surface area contributed by atoms with Crippen molar-refractivity contribution in [1.82, 2.24) is 25.2 Å². The minimum Gasteiger partial charge on any atom is -0.295 e.